The molecule has 1 fully saturated rings. The maximum Gasteiger partial charge on any atom is 0.227 e. The van der Waals surface area contributed by atoms with Crippen molar-refractivity contribution in [1.82, 2.24) is 25.3 Å². The maximum absolute atomic E-state index is 13.3. The van der Waals surface area contributed by atoms with E-state index in [1.165, 1.54) is 19.1 Å². The van der Waals surface area contributed by atoms with E-state index >= 15 is 0 Å². The van der Waals surface area contributed by atoms with E-state index in [2.05, 4.69) is 15.5 Å². The van der Waals surface area contributed by atoms with Gasteiger partial charge in [0.25, 0.3) is 0 Å². The van der Waals surface area contributed by atoms with Gasteiger partial charge in [-0.3, -0.25) is 9.59 Å². The summed E-state index contributed by atoms with van der Waals surface area (Å²) in [5.74, 6) is 0.458. The Balaban J connectivity index is 1.66. The highest BCUT2D eigenvalue weighted by molar-refractivity contribution is 5.76. The molecular formula is C25H36FN5O3. The van der Waals surface area contributed by atoms with Crippen LogP contribution < -0.4 is 5.32 Å². The van der Waals surface area contributed by atoms with Crippen LogP contribution in [0.4, 0.5) is 4.39 Å². The van der Waals surface area contributed by atoms with Gasteiger partial charge in [-0.25, -0.2) is 4.39 Å². The molecule has 0 radical (unpaired) electrons. The molecule has 1 aromatic carbocycles. The number of hydrogen-bond donors (Lipinski definition) is 1. The first-order valence-electron chi connectivity index (χ1n) is 12.1. The fourth-order valence-electron chi connectivity index (χ4n) is 4.42. The van der Waals surface area contributed by atoms with Crippen LogP contribution in [0.2, 0.25) is 0 Å². The highest BCUT2D eigenvalue weighted by atomic mass is 19.1. The number of likely N-dealkylation sites (N-methyl/N-ethyl adjacent to an activating group) is 1. The third-order valence-electron chi connectivity index (χ3n) is 6.28. The van der Waals surface area contributed by atoms with Gasteiger partial charge in [0, 0.05) is 39.4 Å². The van der Waals surface area contributed by atoms with Crippen molar-refractivity contribution in [1.29, 1.82) is 0 Å². The molecule has 0 saturated heterocycles. The van der Waals surface area contributed by atoms with Gasteiger partial charge >= 0.3 is 0 Å². The normalized spacial score (nSPS) is 15.7. The quantitative estimate of drug-likeness (QED) is 0.532. The number of amides is 2. The predicted molar refractivity (Wildman–Crippen MR) is 126 cm³/mol. The number of rotatable bonds is 10. The molecule has 0 atom stereocenters. The Labute approximate surface area is 200 Å². The van der Waals surface area contributed by atoms with Crippen LogP contribution in [0.25, 0.3) is 0 Å². The summed E-state index contributed by atoms with van der Waals surface area (Å²) in [6.45, 7) is 3.20. The van der Waals surface area contributed by atoms with E-state index in [9.17, 15) is 14.0 Å². The topological polar surface area (TPSA) is 91.6 Å². The third-order valence-corrected chi connectivity index (χ3v) is 6.28. The smallest absolute Gasteiger partial charge is 0.227 e. The molecule has 1 aliphatic carbocycles. The predicted octanol–water partition coefficient (Wildman–Crippen LogP) is 3.42. The van der Waals surface area contributed by atoms with Crippen molar-refractivity contribution >= 4 is 11.8 Å². The lowest BCUT2D eigenvalue weighted by atomic mass is 9.89. The zero-order valence-electron chi connectivity index (χ0n) is 20.5. The summed E-state index contributed by atoms with van der Waals surface area (Å²) < 4.78 is 18.8. The molecule has 186 valence electrons. The maximum atomic E-state index is 13.3. The number of nitrogens with one attached hydrogen (secondary N) is 1. The lowest BCUT2D eigenvalue weighted by molar-refractivity contribution is -0.132. The van der Waals surface area contributed by atoms with Crippen LogP contribution in [0.3, 0.4) is 0 Å². The Kier molecular flexibility index (Phi) is 9.15. The van der Waals surface area contributed by atoms with Crippen molar-refractivity contribution in [2.75, 3.05) is 27.2 Å². The minimum atomic E-state index is -0.603. The summed E-state index contributed by atoms with van der Waals surface area (Å²) in [7, 11) is 3.91. The van der Waals surface area contributed by atoms with Crippen LogP contribution in [-0.2, 0) is 28.1 Å². The third kappa shape index (κ3) is 7.35. The van der Waals surface area contributed by atoms with E-state index in [0.29, 0.717) is 31.2 Å². The second-order valence-electron chi connectivity index (χ2n) is 9.43. The van der Waals surface area contributed by atoms with Crippen molar-refractivity contribution in [3.05, 3.63) is 47.4 Å². The Hall–Kier alpha value is -2.81. The van der Waals surface area contributed by atoms with Crippen LogP contribution in [0.5, 0.6) is 0 Å². The van der Waals surface area contributed by atoms with E-state index < -0.39 is 5.54 Å². The lowest BCUT2D eigenvalue weighted by Gasteiger charge is -2.30. The number of hydrogen-bond acceptors (Lipinski definition) is 6. The average Bonchev–Trinajstić information content (AvgIpc) is 3.16. The largest absolute Gasteiger partial charge is 0.343 e. The zero-order valence-corrected chi connectivity index (χ0v) is 20.5. The van der Waals surface area contributed by atoms with Gasteiger partial charge in [-0.15, -0.1) is 0 Å². The van der Waals surface area contributed by atoms with Gasteiger partial charge in [0.05, 0.1) is 0 Å². The van der Waals surface area contributed by atoms with Crippen molar-refractivity contribution in [3.8, 4) is 0 Å². The standard InChI is InChI=1S/C25H36FN5O3/c1-19(32)28-25(14-6-4-5-7-15-25)24-27-22(34-29-24)12-13-23(33)31(17-16-30(2)3)18-20-8-10-21(26)11-9-20/h8-11H,4-7,12-18H2,1-3H3,(H,28,32). The van der Waals surface area contributed by atoms with Crippen molar-refractivity contribution < 1.29 is 18.5 Å². The molecule has 2 amide bonds. The first kappa shape index (κ1) is 25.8. The molecule has 8 nitrogen and oxygen atoms in total. The van der Waals surface area contributed by atoms with Gasteiger partial charge in [-0.05, 0) is 44.6 Å². The molecule has 0 unspecified atom stereocenters. The number of halogens is 1. The second kappa shape index (κ2) is 12.1. The minimum Gasteiger partial charge on any atom is -0.343 e. The second-order valence-corrected chi connectivity index (χ2v) is 9.43. The first-order valence-corrected chi connectivity index (χ1v) is 12.1. The molecule has 1 N–H and O–H groups in total. The average molecular weight is 474 g/mol. The Morgan fingerprint density at radius 3 is 2.38 bits per heavy atom. The van der Waals surface area contributed by atoms with E-state index in [4.69, 9.17) is 4.52 Å². The van der Waals surface area contributed by atoms with Crippen molar-refractivity contribution in [2.45, 2.75) is 70.4 Å². The molecule has 1 aliphatic rings. The van der Waals surface area contributed by atoms with Crippen molar-refractivity contribution in [3.63, 3.8) is 0 Å². The fraction of sp³-hybridized carbons (Fsp3) is 0.600. The minimum absolute atomic E-state index is 0.0306. The highest BCUT2D eigenvalue weighted by Crippen LogP contribution is 2.34. The summed E-state index contributed by atoms with van der Waals surface area (Å²) in [5, 5.41) is 7.27. The molecule has 0 spiro atoms. The molecule has 1 heterocycles. The van der Waals surface area contributed by atoms with Gasteiger partial charge in [0.15, 0.2) is 5.82 Å². The summed E-state index contributed by atoms with van der Waals surface area (Å²) in [4.78, 5) is 33.3. The van der Waals surface area contributed by atoms with Gasteiger partial charge in [-0.1, -0.05) is 43.0 Å². The van der Waals surface area contributed by atoms with E-state index in [1.807, 2.05) is 19.0 Å². The molecule has 1 aromatic heterocycles. The van der Waals surface area contributed by atoms with Gasteiger partial charge in [0.2, 0.25) is 17.7 Å². The molecular weight excluding hydrogens is 437 g/mol. The van der Waals surface area contributed by atoms with E-state index in [-0.39, 0.29) is 24.1 Å². The summed E-state index contributed by atoms with van der Waals surface area (Å²) in [5.41, 5.74) is 0.271. The highest BCUT2D eigenvalue weighted by Gasteiger charge is 2.38. The van der Waals surface area contributed by atoms with Crippen LogP contribution in [0, 0.1) is 5.82 Å². The van der Waals surface area contributed by atoms with Gasteiger partial charge in [0.1, 0.15) is 11.4 Å². The van der Waals surface area contributed by atoms with Gasteiger partial charge < -0.3 is 19.6 Å². The molecule has 34 heavy (non-hydrogen) atoms. The number of nitrogens with zero attached hydrogens (tertiary/aromatic N) is 4. The summed E-state index contributed by atoms with van der Waals surface area (Å²) >= 11 is 0. The van der Waals surface area contributed by atoms with Crippen LogP contribution in [0.15, 0.2) is 28.8 Å². The fourth-order valence-corrected chi connectivity index (χ4v) is 4.42. The monoisotopic (exact) mass is 473 g/mol. The molecule has 2 aromatic rings. The number of aryl methyl sites for hydroxylation is 1. The summed E-state index contributed by atoms with van der Waals surface area (Å²) in [6.07, 6.45) is 6.34. The SMILES string of the molecule is CC(=O)NC1(c2noc(CCC(=O)N(CCN(C)C)Cc3ccc(F)cc3)n2)CCCCCC1. The molecule has 9 heteroatoms. The molecule has 0 aliphatic heterocycles. The van der Waals surface area contributed by atoms with E-state index in [1.54, 1.807) is 17.0 Å². The lowest BCUT2D eigenvalue weighted by Crippen LogP contribution is -2.45. The van der Waals surface area contributed by atoms with Crippen LogP contribution in [-0.4, -0.2) is 58.9 Å². The molecule has 1 saturated carbocycles. The van der Waals surface area contributed by atoms with Crippen LogP contribution >= 0.6 is 0 Å². The number of aromatic nitrogens is 2. The number of carbonyl (C=O) groups excluding carboxylic acids is 2. The Morgan fingerprint density at radius 1 is 1.09 bits per heavy atom. The Bertz CT molecular complexity index is 936. The molecule has 3 rings (SSSR count). The zero-order chi connectivity index (χ0) is 24.6. The van der Waals surface area contributed by atoms with Crippen molar-refractivity contribution in [2.24, 2.45) is 0 Å². The molecule has 0 bridgehead atoms. The number of carbonyl (C=O) groups is 2. The van der Waals surface area contributed by atoms with Gasteiger partial charge in [-0.2, -0.15) is 4.98 Å². The van der Waals surface area contributed by atoms with Crippen LogP contribution in [0.1, 0.15) is 69.1 Å². The number of benzene rings is 1. The first-order chi connectivity index (χ1) is 16.3. The Morgan fingerprint density at radius 2 is 1.76 bits per heavy atom. The summed E-state index contributed by atoms with van der Waals surface area (Å²) in [6, 6.07) is 6.21. The van der Waals surface area contributed by atoms with E-state index in [0.717, 1.165) is 50.6 Å².